The van der Waals surface area contributed by atoms with E-state index in [4.69, 9.17) is 11.6 Å². The van der Waals surface area contributed by atoms with Crippen LogP contribution in [0.4, 0.5) is 10.2 Å². The molecule has 0 spiro atoms. The molecule has 1 N–H and O–H groups in total. The highest BCUT2D eigenvalue weighted by atomic mass is 79.9. The maximum Gasteiger partial charge on any atom is 0.267 e. The van der Waals surface area contributed by atoms with Gasteiger partial charge in [0.1, 0.15) is 10.8 Å². The molecule has 0 fully saturated rings. The summed E-state index contributed by atoms with van der Waals surface area (Å²) in [6, 6.07) is 7.93. The standard InChI is InChI=1S/C15H9Br2ClFN3OS/c16-10-5-12(24-13(10)17)15(23)20-14-11(18)7-22(21-14)6-8-2-1-3-9(19)4-8/h1-5,7H,6H2,(H,20,21,23). The molecule has 3 rings (SSSR count). The van der Waals surface area contributed by atoms with E-state index < -0.39 is 0 Å². The van der Waals surface area contributed by atoms with E-state index in [9.17, 15) is 9.18 Å². The molecule has 1 amide bonds. The Bertz CT molecular complexity index is 893. The fraction of sp³-hybridized carbons (Fsp3) is 0.0667. The van der Waals surface area contributed by atoms with Crippen molar-refractivity contribution in [1.82, 2.24) is 9.78 Å². The molecule has 2 aromatic heterocycles. The van der Waals surface area contributed by atoms with Crippen LogP contribution in [0.3, 0.4) is 0 Å². The van der Waals surface area contributed by atoms with Crippen molar-refractivity contribution >= 4 is 66.5 Å². The Kier molecular flexibility index (Phi) is 5.39. The van der Waals surface area contributed by atoms with Gasteiger partial charge in [-0.1, -0.05) is 23.7 Å². The summed E-state index contributed by atoms with van der Waals surface area (Å²) in [5.74, 6) is -0.351. The van der Waals surface area contributed by atoms with Crippen molar-refractivity contribution in [3.63, 3.8) is 0 Å². The molecule has 0 saturated heterocycles. The number of aromatic nitrogens is 2. The minimum absolute atomic E-state index is 0.263. The Morgan fingerprint density at radius 2 is 2.17 bits per heavy atom. The smallest absolute Gasteiger partial charge is 0.267 e. The highest BCUT2D eigenvalue weighted by Crippen LogP contribution is 2.33. The molecule has 0 unspecified atom stereocenters. The molecule has 0 radical (unpaired) electrons. The number of carbonyl (C=O) groups excluding carboxylic acids is 1. The van der Waals surface area contributed by atoms with Crippen LogP contribution in [0, 0.1) is 5.82 Å². The van der Waals surface area contributed by atoms with Crippen molar-refractivity contribution < 1.29 is 9.18 Å². The van der Waals surface area contributed by atoms with Gasteiger partial charge in [-0.15, -0.1) is 11.3 Å². The Balaban J connectivity index is 1.75. The van der Waals surface area contributed by atoms with E-state index in [2.05, 4.69) is 42.3 Å². The van der Waals surface area contributed by atoms with Gasteiger partial charge < -0.3 is 5.32 Å². The summed E-state index contributed by atoms with van der Waals surface area (Å²) in [5, 5.41) is 7.23. The van der Waals surface area contributed by atoms with Gasteiger partial charge in [0.05, 0.1) is 15.2 Å². The summed E-state index contributed by atoms with van der Waals surface area (Å²) in [5.41, 5.74) is 0.748. The van der Waals surface area contributed by atoms with Crippen molar-refractivity contribution in [3.8, 4) is 0 Å². The first-order valence-electron chi connectivity index (χ1n) is 6.66. The van der Waals surface area contributed by atoms with E-state index in [1.165, 1.54) is 23.5 Å². The average molecular weight is 494 g/mol. The number of hydrogen-bond donors (Lipinski definition) is 1. The molecule has 0 atom stereocenters. The first-order valence-corrected chi connectivity index (χ1v) is 9.44. The number of rotatable bonds is 4. The molecule has 0 aliphatic carbocycles. The van der Waals surface area contributed by atoms with Gasteiger partial charge in [0, 0.05) is 10.7 Å². The maximum absolute atomic E-state index is 13.2. The average Bonchev–Trinajstić information content (AvgIpc) is 3.02. The molecule has 24 heavy (non-hydrogen) atoms. The minimum atomic E-state index is -0.312. The Morgan fingerprint density at radius 1 is 1.38 bits per heavy atom. The molecule has 124 valence electrons. The van der Waals surface area contributed by atoms with Crippen molar-refractivity contribution in [2.75, 3.05) is 5.32 Å². The Hall–Kier alpha value is -1.22. The highest BCUT2D eigenvalue weighted by molar-refractivity contribution is 9.13. The number of amides is 1. The van der Waals surface area contributed by atoms with Gasteiger partial charge in [-0.2, -0.15) is 5.10 Å². The van der Waals surface area contributed by atoms with E-state index in [-0.39, 0.29) is 17.5 Å². The predicted molar refractivity (Wildman–Crippen MR) is 100 cm³/mol. The zero-order chi connectivity index (χ0) is 17.3. The molecular formula is C15H9Br2ClFN3OS. The van der Waals surface area contributed by atoms with Crippen molar-refractivity contribution in [2.24, 2.45) is 0 Å². The normalized spacial score (nSPS) is 10.8. The third-order valence-corrected chi connectivity index (χ3v) is 6.58. The summed E-state index contributed by atoms with van der Waals surface area (Å²) in [7, 11) is 0. The number of nitrogens with zero attached hydrogens (tertiary/aromatic N) is 2. The molecule has 0 aliphatic rings. The van der Waals surface area contributed by atoms with E-state index >= 15 is 0 Å². The number of nitrogens with one attached hydrogen (secondary N) is 1. The molecule has 2 heterocycles. The fourth-order valence-electron chi connectivity index (χ4n) is 2.01. The van der Waals surface area contributed by atoms with Crippen LogP contribution in [0.5, 0.6) is 0 Å². The lowest BCUT2D eigenvalue weighted by atomic mass is 10.2. The second-order valence-electron chi connectivity index (χ2n) is 4.84. The molecular weight excluding hydrogens is 485 g/mol. The third kappa shape index (κ3) is 4.05. The number of hydrogen-bond acceptors (Lipinski definition) is 3. The molecule has 4 nitrogen and oxygen atoms in total. The van der Waals surface area contributed by atoms with Crippen LogP contribution in [-0.2, 0) is 6.54 Å². The van der Waals surface area contributed by atoms with E-state index in [0.29, 0.717) is 16.4 Å². The number of carbonyl (C=O) groups is 1. The third-order valence-electron chi connectivity index (χ3n) is 3.05. The van der Waals surface area contributed by atoms with Crippen LogP contribution in [0.25, 0.3) is 0 Å². The van der Waals surface area contributed by atoms with Gasteiger partial charge in [-0.05, 0) is 55.6 Å². The Morgan fingerprint density at radius 3 is 2.83 bits per heavy atom. The lowest BCUT2D eigenvalue weighted by molar-refractivity contribution is 0.103. The molecule has 0 bridgehead atoms. The number of thiophene rings is 1. The minimum Gasteiger partial charge on any atom is -0.303 e. The van der Waals surface area contributed by atoms with E-state index in [0.717, 1.165) is 13.8 Å². The number of halogens is 4. The molecule has 1 aromatic carbocycles. The van der Waals surface area contributed by atoms with Crippen LogP contribution in [-0.4, -0.2) is 15.7 Å². The fourth-order valence-corrected chi connectivity index (χ4v) is 4.14. The quantitative estimate of drug-likeness (QED) is 0.517. The van der Waals surface area contributed by atoms with Crippen LogP contribution >= 0.6 is 54.8 Å². The predicted octanol–water partition coefficient (Wildman–Crippen LogP) is 5.56. The largest absolute Gasteiger partial charge is 0.303 e. The lowest BCUT2D eigenvalue weighted by Crippen LogP contribution is -2.11. The topological polar surface area (TPSA) is 46.9 Å². The summed E-state index contributed by atoms with van der Waals surface area (Å²) in [4.78, 5) is 12.8. The van der Waals surface area contributed by atoms with Crippen LogP contribution in [0.1, 0.15) is 15.2 Å². The molecule has 0 aliphatic heterocycles. The van der Waals surface area contributed by atoms with Gasteiger partial charge in [0.2, 0.25) is 0 Å². The van der Waals surface area contributed by atoms with Crippen molar-refractivity contribution in [1.29, 1.82) is 0 Å². The van der Waals surface area contributed by atoms with Crippen LogP contribution < -0.4 is 5.32 Å². The summed E-state index contributed by atoms with van der Waals surface area (Å²) < 4.78 is 16.4. The van der Waals surface area contributed by atoms with Crippen molar-refractivity contribution in [2.45, 2.75) is 6.54 Å². The molecule has 3 aromatic rings. The summed E-state index contributed by atoms with van der Waals surface area (Å²) in [6.45, 7) is 0.351. The maximum atomic E-state index is 13.2. The monoisotopic (exact) mass is 491 g/mol. The first-order chi connectivity index (χ1) is 11.4. The Labute approximate surface area is 162 Å². The zero-order valence-electron chi connectivity index (χ0n) is 11.9. The van der Waals surface area contributed by atoms with Gasteiger partial charge >= 0.3 is 0 Å². The zero-order valence-corrected chi connectivity index (χ0v) is 16.6. The second kappa shape index (κ2) is 7.35. The van der Waals surface area contributed by atoms with Gasteiger partial charge in [0.15, 0.2) is 5.82 Å². The van der Waals surface area contributed by atoms with Gasteiger partial charge in [-0.25, -0.2) is 4.39 Å². The molecule has 9 heteroatoms. The second-order valence-corrected chi connectivity index (χ2v) is 8.47. The van der Waals surface area contributed by atoms with Gasteiger partial charge in [0.25, 0.3) is 5.91 Å². The van der Waals surface area contributed by atoms with E-state index in [1.54, 1.807) is 29.1 Å². The lowest BCUT2D eigenvalue weighted by Gasteiger charge is -2.02. The van der Waals surface area contributed by atoms with E-state index in [1.807, 2.05) is 0 Å². The van der Waals surface area contributed by atoms with Crippen LogP contribution in [0.2, 0.25) is 5.02 Å². The molecule has 0 saturated carbocycles. The first kappa shape index (κ1) is 17.6. The summed E-state index contributed by atoms with van der Waals surface area (Å²) in [6.07, 6.45) is 1.59. The number of benzene rings is 1. The summed E-state index contributed by atoms with van der Waals surface area (Å²) >= 11 is 14.1. The van der Waals surface area contributed by atoms with Gasteiger partial charge in [-0.3, -0.25) is 9.48 Å². The number of anilines is 1. The highest BCUT2D eigenvalue weighted by Gasteiger charge is 2.16. The SMILES string of the molecule is O=C(Nc1nn(Cc2cccc(F)c2)cc1Cl)c1cc(Br)c(Br)s1. The van der Waals surface area contributed by atoms with Crippen LogP contribution in [0.15, 0.2) is 44.8 Å². The van der Waals surface area contributed by atoms with Crippen molar-refractivity contribution in [3.05, 3.63) is 66.1 Å².